The third-order valence-corrected chi connectivity index (χ3v) is 4.17. The fraction of sp³-hybridized carbons (Fsp3) is 0.250. The molecule has 0 aromatic heterocycles. The van der Waals surface area contributed by atoms with Crippen molar-refractivity contribution in [2.24, 2.45) is 0 Å². The van der Waals surface area contributed by atoms with Crippen molar-refractivity contribution in [3.63, 3.8) is 0 Å². The first-order valence-electron chi connectivity index (χ1n) is 8.18. The standard InChI is InChI=1S/C20H20FNO2/c1-3-22-18-12-8-5-9-14(18)13-16(20(23)24-4-2)19(22)15-10-6-7-11-17(15)21/h5-12H,3-4,13H2,1-2H3. The molecule has 0 bridgehead atoms. The number of para-hydroxylation sites is 1. The number of hydrogen-bond donors (Lipinski definition) is 0. The molecule has 3 nitrogen and oxygen atoms in total. The van der Waals surface area contributed by atoms with Crippen LogP contribution < -0.4 is 4.90 Å². The summed E-state index contributed by atoms with van der Waals surface area (Å²) in [7, 11) is 0. The van der Waals surface area contributed by atoms with Gasteiger partial charge in [-0.3, -0.25) is 0 Å². The molecule has 0 radical (unpaired) electrons. The van der Waals surface area contributed by atoms with E-state index in [1.165, 1.54) is 6.07 Å². The van der Waals surface area contributed by atoms with Crippen LogP contribution in [0.5, 0.6) is 0 Å². The number of carbonyl (C=O) groups excluding carboxylic acids is 1. The van der Waals surface area contributed by atoms with E-state index in [-0.39, 0.29) is 11.8 Å². The molecule has 0 amide bonds. The Morgan fingerprint density at radius 1 is 1.12 bits per heavy atom. The molecule has 0 N–H and O–H groups in total. The fourth-order valence-electron chi connectivity index (χ4n) is 3.16. The lowest BCUT2D eigenvalue weighted by molar-refractivity contribution is -0.138. The summed E-state index contributed by atoms with van der Waals surface area (Å²) in [5.41, 5.74) is 3.58. The van der Waals surface area contributed by atoms with Gasteiger partial charge in [0.05, 0.1) is 17.9 Å². The lowest BCUT2D eigenvalue weighted by Gasteiger charge is -2.34. The zero-order valence-electron chi connectivity index (χ0n) is 13.9. The first kappa shape index (κ1) is 16.2. The van der Waals surface area contributed by atoms with Crippen LogP contribution in [0.4, 0.5) is 10.1 Å². The van der Waals surface area contributed by atoms with Crippen molar-refractivity contribution in [3.05, 3.63) is 71.0 Å². The van der Waals surface area contributed by atoms with Gasteiger partial charge < -0.3 is 9.64 Å². The summed E-state index contributed by atoms with van der Waals surface area (Å²) in [5.74, 6) is -0.726. The van der Waals surface area contributed by atoms with Crippen LogP contribution in [-0.2, 0) is 16.0 Å². The summed E-state index contributed by atoms with van der Waals surface area (Å²) < 4.78 is 19.7. The number of benzene rings is 2. The highest BCUT2D eigenvalue weighted by Gasteiger charge is 2.30. The number of carbonyl (C=O) groups is 1. The van der Waals surface area contributed by atoms with Gasteiger partial charge in [-0.15, -0.1) is 0 Å². The fourth-order valence-corrected chi connectivity index (χ4v) is 3.16. The van der Waals surface area contributed by atoms with Gasteiger partial charge >= 0.3 is 5.97 Å². The number of hydrogen-bond acceptors (Lipinski definition) is 3. The average Bonchev–Trinajstić information content (AvgIpc) is 2.61. The van der Waals surface area contributed by atoms with Crippen LogP contribution in [0.1, 0.15) is 25.0 Å². The van der Waals surface area contributed by atoms with Gasteiger partial charge in [-0.2, -0.15) is 0 Å². The van der Waals surface area contributed by atoms with Crippen LogP contribution in [0, 0.1) is 5.82 Å². The number of anilines is 1. The van der Waals surface area contributed by atoms with E-state index in [1.807, 2.05) is 36.1 Å². The minimum Gasteiger partial charge on any atom is -0.463 e. The average molecular weight is 325 g/mol. The molecule has 0 saturated heterocycles. The van der Waals surface area contributed by atoms with Crippen molar-refractivity contribution in [2.75, 3.05) is 18.1 Å². The van der Waals surface area contributed by atoms with Gasteiger partial charge in [0.25, 0.3) is 0 Å². The highest BCUT2D eigenvalue weighted by atomic mass is 19.1. The van der Waals surface area contributed by atoms with Crippen molar-refractivity contribution in [1.29, 1.82) is 0 Å². The Morgan fingerprint density at radius 2 is 1.83 bits per heavy atom. The number of nitrogens with zero attached hydrogens (tertiary/aromatic N) is 1. The molecule has 3 rings (SSSR count). The van der Waals surface area contributed by atoms with Crippen molar-refractivity contribution >= 4 is 17.4 Å². The summed E-state index contributed by atoms with van der Waals surface area (Å²) in [6.07, 6.45) is 0.440. The highest BCUT2D eigenvalue weighted by molar-refractivity contribution is 6.03. The minimum atomic E-state index is -0.385. The van der Waals surface area contributed by atoms with Crippen LogP contribution in [0.3, 0.4) is 0 Å². The molecule has 2 aromatic rings. The van der Waals surface area contributed by atoms with Crippen molar-refractivity contribution in [3.8, 4) is 0 Å². The molecule has 2 aromatic carbocycles. The summed E-state index contributed by atoms with van der Waals surface area (Å²) >= 11 is 0. The highest BCUT2D eigenvalue weighted by Crippen LogP contribution is 2.38. The normalized spacial score (nSPS) is 13.7. The molecule has 1 aliphatic rings. The third-order valence-electron chi connectivity index (χ3n) is 4.17. The Hall–Kier alpha value is -2.62. The number of fused-ring (bicyclic) bond motifs is 1. The topological polar surface area (TPSA) is 29.5 Å². The van der Waals surface area contributed by atoms with E-state index in [1.54, 1.807) is 25.1 Å². The van der Waals surface area contributed by atoms with Crippen LogP contribution in [-0.4, -0.2) is 19.1 Å². The maximum atomic E-state index is 14.5. The number of esters is 1. The van der Waals surface area contributed by atoms with E-state index in [0.717, 1.165) is 11.3 Å². The molecule has 4 heteroatoms. The van der Waals surface area contributed by atoms with Gasteiger partial charge in [0.15, 0.2) is 0 Å². The Balaban J connectivity index is 2.23. The molecule has 0 saturated carbocycles. The SMILES string of the molecule is CCOC(=O)C1=C(c2ccccc2F)N(CC)c2ccccc2C1. The summed E-state index contributed by atoms with van der Waals surface area (Å²) in [6, 6.07) is 14.5. The maximum absolute atomic E-state index is 14.5. The number of ether oxygens (including phenoxy) is 1. The van der Waals surface area contributed by atoms with Crippen molar-refractivity contribution in [2.45, 2.75) is 20.3 Å². The van der Waals surface area contributed by atoms with Gasteiger partial charge in [0.2, 0.25) is 0 Å². The lowest BCUT2D eigenvalue weighted by Crippen LogP contribution is -2.30. The lowest BCUT2D eigenvalue weighted by atomic mass is 9.92. The monoisotopic (exact) mass is 325 g/mol. The molecule has 1 heterocycles. The molecule has 24 heavy (non-hydrogen) atoms. The minimum absolute atomic E-state index is 0.292. The second kappa shape index (κ2) is 6.87. The van der Waals surface area contributed by atoms with Gasteiger partial charge in [-0.25, -0.2) is 9.18 Å². The summed E-state index contributed by atoms with van der Waals surface area (Å²) in [6.45, 7) is 4.69. The van der Waals surface area contributed by atoms with Gasteiger partial charge in [-0.1, -0.05) is 30.3 Å². The molecule has 0 atom stereocenters. The maximum Gasteiger partial charge on any atom is 0.336 e. The molecule has 0 fully saturated rings. The van der Waals surface area contributed by atoms with Gasteiger partial charge in [0, 0.05) is 24.2 Å². The Bertz CT molecular complexity index is 798. The van der Waals surface area contributed by atoms with E-state index in [9.17, 15) is 9.18 Å². The molecule has 1 aliphatic heterocycles. The van der Waals surface area contributed by atoms with Crippen molar-refractivity contribution in [1.82, 2.24) is 0 Å². The van der Waals surface area contributed by atoms with Crippen LogP contribution >= 0.6 is 0 Å². The van der Waals surface area contributed by atoms with Gasteiger partial charge in [0.1, 0.15) is 5.82 Å². The van der Waals surface area contributed by atoms with Crippen LogP contribution in [0.2, 0.25) is 0 Å². The predicted octanol–water partition coefficient (Wildman–Crippen LogP) is 4.18. The van der Waals surface area contributed by atoms with Crippen molar-refractivity contribution < 1.29 is 13.9 Å². The van der Waals surface area contributed by atoms with E-state index < -0.39 is 0 Å². The molecular weight excluding hydrogens is 305 g/mol. The van der Waals surface area contributed by atoms with Gasteiger partial charge in [-0.05, 0) is 37.6 Å². The quantitative estimate of drug-likeness (QED) is 0.790. The molecular formula is C20H20FNO2. The van der Waals surface area contributed by atoms with E-state index >= 15 is 0 Å². The molecule has 0 aliphatic carbocycles. The second-order valence-corrected chi connectivity index (χ2v) is 5.58. The largest absolute Gasteiger partial charge is 0.463 e. The molecule has 124 valence electrons. The summed E-state index contributed by atoms with van der Waals surface area (Å²) in [5, 5.41) is 0. The summed E-state index contributed by atoms with van der Waals surface area (Å²) in [4.78, 5) is 14.5. The zero-order chi connectivity index (χ0) is 17.1. The Labute approximate surface area is 141 Å². The smallest absolute Gasteiger partial charge is 0.336 e. The number of rotatable bonds is 4. The Morgan fingerprint density at radius 3 is 2.54 bits per heavy atom. The second-order valence-electron chi connectivity index (χ2n) is 5.58. The van der Waals surface area contributed by atoms with Crippen LogP contribution in [0.25, 0.3) is 5.70 Å². The molecule has 0 unspecified atom stereocenters. The molecule has 0 spiro atoms. The van der Waals surface area contributed by atoms with E-state index in [4.69, 9.17) is 4.74 Å². The predicted molar refractivity (Wildman–Crippen MR) is 93.1 cm³/mol. The van der Waals surface area contributed by atoms with E-state index in [2.05, 4.69) is 0 Å². The first-order chi connectivity index (χ1) is 11.7. The number of halogens is 1. The van der Waals surface area contributed by atoms with Crippen LogP contribution in [0.15, 0.2) is 54.1 Å². The Kier molecular flexibility index (Phi) is 4.65. The first-order valence-corrected chi connectivity index (χ1v) is 8.18. The van der Waals surface area contributed by atoms with E-state index in [0.29, 0.717) is 36.4 Å². The zero-order valence-corrected chi connectivity index (χ0v) is 13.9. The third kappa shape index (κ3) is 2.80.